The van der Waals surface area contributed by atoms with Gasteiger partial charge in [-0.25, -0.2) is 0 Å². The Bertz CT molecular complexity index is 344. The molecule has 3 unspecified atom stereocenters. The average molecular weight is 224 g/mol. The van der Waals surface area contributed by atoms with Gasteiger partial charge in [-0.15, -0.1) is 11.3 Å². The molecule has 1 nitrogen and oxygen atoms in total. The van der Waals surface area contributed by atoms with Crippen LogP contribution < -0.4 is 0 Å². The summed E-state index contributed by atoms with van der Waals surface area (Å²) >= 11 is 1.71. The van der Waals surface area contributed by atoms with Crippen LogP contribution in [-0.2, 0) is 5.60 Å². The minimum absolute atomic E-state index is 0.388. The van der Waals surface area contributed by atoms with E-state index < -0.39 is 5.60 Å². The van der Waals surface area contributed by atoms with E-state index in [1.165, 1.54) is 10.4 Å². The molecule has 1 saturated carbocycles. The van der Waals surface area contributed by atoms with Gasteiger partial charge >= 0.3 is 0 Å². The molecule has 0 amide bonds. The lowest BCUT2D eigenvalue weighted by Crippen LogP contribution is -2.38. The maximum atomic E-state index is 10.8. The standard InChI is InChI=1S/C13H20OS/c1-9-4-6-13(14,11(3)8-9)12-10(2)5-7-15-12/h5,7,9,11,14H,4,6,8H2,1-3H3. The van der Waals surface area contributed by atoms with E-state index in [-0.39, 0.29) is 0 Å². The second kappa shape index (κ2) is 3.91. The minimum Gasteiger partial charge on any atom is -0.384 e. The lowest BCUT2D eigenvalue weighted by Gasteiger charge is -2.40. The minimum atomic E-state index is -0.551. The first-order valence-corrected chi connectivity index (χ1v) is 6.69. The molecule has 1 heterocycles. The monoisotopic (exact) mass is 224 g/mol. The van der Waals surface area contributed by atoms with Gasteiger partial charge in [0.25, 0.3) is 0 Å². The van der Waals surface area contributed by atoms with E-state index in [0.717, 1.165) is 25.2 Å². The van der Waals surface area contributed by atoms with Crippen LogP contribution in [0.4, 0.5) is 0 Å². The van der Waals surface area contributed by atoms with Crippen molar-refractivity contribution >= 4 is 11.3 Å². The molecule has 1 N–H and O–H groups in total. The smallest absolute Gasteiger partial charge is 0.102 e. The number of rotatable bonds is 1. The van der Waals surface area contributed by atoms with Gasteiger partial charge in [0, 0.05) is 4.88 Å². The highest BCUT2D eigenvalue weighted by molar-refractivity contribution is 7.10. The third-order valence-corrected chi connectivity index (χ3v) is 5.03. The SMILES string of the molecule is Cc1ccsc1C1(O)CCC(C)CC1C. The van der Waals surface area contributed by atoms with Gasteiger partial charge in [-0.1, -0.05) is 13.8 Å². The van der Waals surface area contributed by atoms with Crippen LogP contribution in [0.2, 0.25) is 0 Å². The highest BCUT2D eigenvalue weighted by Crippen LogP contribution is 2.46. The molecule has 1 aromatic rings. The second-order valence-electron chi connectivity index (χ2n) is 5.14. The van der Waals surface area contributed by atoms with E-state index in [4.69, 9.17) is 0 Å². The van der Waals surface area contributed by atoms with Crippen molar-refractivity contribution in [2.24, 2.45) is 11.8 Å². The zero-order valence-corrected chi connectivity index (χ0v) is 10.6. The molecular formula is C13H20OS. The molecule has 15 heavy (non-hydrogen) atoms. The summed E-state index contributed by atoms with van der Waals surface area (Å²) in [4.78, 5) is 1.20. The zero-order valence-electron chi connectivity index (χ0n) is 9.79. The van der Waals surface area contributed by atoms with Crippen molar-refractivity contribution in [3.8, 4) is 0 Å². The van der Waals surface area contributed by atoms with E-state index in [1.54, 1.807) is 11.3 Å². The topological polar surface area (TPSA) is 20.2 Å². The van der Waals surface area contributed by atoms with Crippen LogP contribution in [0.15, 0.2) is 11.4 Å². The van der Waals surface area contributed by atoms with Crippen LogP contribution in [0.5, 0.6) is 0 Å². The molecular weight excluding hydrogens is 204 g/mol. The molecule has 0 aromatic carbocycles. The first-order valence-electron chi connectivity index (χ1n) is 5.81. The molecule has 1 aromatic heterocycles. The van der Waals surface area contributed by atoms with E-state index in [0.29, 0.717) is 5.92 Å². The van der Waals surface area contributed by atoms with E-state index in [2.05, 4.69) is 32.2 Å². The Balaban J connectivity index is 2.30. The van der Waals surface area contributed by atoms with E-state index in [1.807, 2.05) is 0 Å². The van der Waals surface area contributed by atoms with Crippen molar-refractivity contribution in [1.29, 1.82) is 0 Å². The number of hydrogen-bond acceptors (Lipinski definition) is 2. The Morgan fingerprint density at radius 1 is 1.47 bits per heavy atom. The number of aryl methyl sites for hydroxylation is 1. The third-order valence-electron chi connectivity index (χ3n) is 3.84. The maximum Gasteiger partial charge on any atom is 0.102 e. The molecule has 0 bridgehead atoms. The van der Waals surface area contributed by atoms with Gasteiger partial charge in [0.2, 0.25) is 0 Å². The lowest BCUT2D eigenvalue weighted by atomic mass is 9.71. The van der Waals surface area contributed by atoms with Gasteiger partial charge < -0.3 is 5.11 Å². The van der Waals surface area contributed by atoms with Gasteiger partial charge in [-0.2, -0.15) is 0 Å². The highest BCUT2D eigenvalue weighted by atomic mass is 32.1. The Kier molecular flexibility index (Phi) is 2.91. The number of hydrogen-bond donors (Lipinski definition) is 1. The third kappa shape index (κ3) is 1.85. The van der Waals surface area contributed by atoms with Crippen LogP contribution in [0.25, 0.3) is 0 Å². The van der Waals surface area contributed by atoms with Crippen LogP contribution in [0.3, 0.4) is 0 Å². The van der Waals surface area contributed by atoms with Crippen molar-refractivity contribution in [1.82, 2.24) is 0 Å². The van der Waals surface area contributed by atoms with Gasteiger partial charge in [0.05, 0.1) is 0 Å². The molecule has 0 radical (unpaired) electrons. The molecule has 1 aliphatic carbocycles. The fourth-order valence-electron chi connectivity index (χ4n) is 2.78. The molecule has 1 fully saturated rings. The highest BCUT2D eigenvalue weighted by Gasteiger charge is 2.41. The normalized spacial score (nSPS) is 36.8. The average Bonchev–Trinajstić information content (AvgIpc) is 2.59. The summed E-state index contributed by atoms with van der Waals surface area (Å²) in [5, 5.41) is 12.9. The summed E-state index contributed by atoms with van der Waals surface area (Å²) in [6.45, 7) is 6.58. The molecule has 0 spiro atoms. The summed E-state index contributed by atoms with van der Waals surface area (Å²) in [6.07, 6.45) is 3.22. The predicted molar refractivity (Wildman–Crippen MR) is 65.1 cm³/mol. The molecule has 0 aliphatic heterocycles. The maximum absolute atomic E-state index is 10.8. The fraction of sp³-hybridized carbons (Fsp3) is 0.692. The van der Waals surface area contributed by atoms with Crippen molar-refractivity contribution in [3.63, 3.8) is 0 Å². The van der Waals surface area contributed by atoms with Crippen molar-refractivity contribution < 1.29 is 5.11 Å². The van der Waals surface area contributed by atoms with Gasteiger partial charge in [0.15, 0.2) is 0 Å². The first kappa shape index (κ1) is 11.2. The molecule has 0 saturated heterocycles. The molecule has 3 atom stereocenters. The van der Waals surface area contributed by atoms with Crippen molar-refractivity contribution in [2.75, 3.05) is 0 Å². The van der Waals surface area contributed by atoms with E-state index in [9.17, 15) is 5.11 Å². The fourth-order valence-corrected chi connectivity index (χ4v) is 3.95. The van der Waals surface area contributed by atoms with Gasteiger partial charge in [-0.05, 0) is 55.0 Å². The Morgan fingerprint density at radius 2 is 2.20 bits per heavy atom. The zero-order chi connectivity index (χ0) is 11.1. The Morgan fingerprint density at radius 3 is 2.73 bits per heavy atom. The van der Waals surface area contributed by atoms with Crippen LogP contribution in [0.1, 0.15) is 43.6 Å². The van der Waals surface area contributed by atoms with Gasteiger partial charge in [-0.3, -0.25) is 0 Å². The molecule has 2 heteroatoms. The summed E-state index contributed by atoms with van der Waals surface area (Å²) in [7, 11) is 0. The largest absolute Gasteiger partial charge is 0.384 e. The number of thiophene rings is 1. The Hall–Kier alpha value is -0.340. The molecule has 84 valence electrons. The van der Waals surface area contributed by atoms with Gasteiger partial charge in [0.1, 0.15) is 5.60 Å². The van der Waals surface area contributed by atoms with Crippen LogP contribution in [0, 0.1) is 18.8 Å². The van der Waals surface area contributed by atoms with E-state index >= 15 is 0 Å². The predicted octanol–water partition coefficient (Wildman–Crippen LogP) is 3.70. The summed E-state index contributed by atoms with van der Waals surface area (Å²) in [6, 6.07) is 2.11. The molecule has 2 rings (SSSR count). The quantitative estimate of drug-likeness (QED) is 0.771. The first-order chi connectivity index (χ1) is 7.04. The summed E-state index contributed by atoms with van der Waals surface area (Å²) in [5.41, 5.74) is 0.703. The van der Waals surface area contributed by atoms with Crippen molar-refractivity contribution in [2.45, 2.75) is 45.6 Å². The van der Waals surface area contributed by atoms with Crippen LogP contribution in [-0.4, -0.2) is 5.11 Å². The number of aliphatic hydroxyl groups is 1. The second-order valence-corrected chi connectivity index (χ2v) is 6.05. The molecule has 1 aliphatic rings. The van der Waals surface area contributed by atoms with Crippen LogP contribution >= 0.6 is 11.3 Å². The summed E-state index contributed by atoms with van der Waals surface area (Å²) in [5.74, 6) is 1.15. The summed E-state index contributed by atoms with van der Waals surface area (Å²) < 4.78 is 0. The van der Waals surface area contributed by atoms with Crippen molar-refractivity contribution in [3.05, 3.63) is 21.9 Å². The lowest BCUT2D eigenvalue weighted by molar-refractivity contribution is -0.0561. The Labute approximate surface area is 96.1 Å².